The van der Waals surface area contributed by atoms with Crippen molar-refractivity contribution >= 4 is 39.2 Å². The number of ether oxygens (including phenoxy) is 2. The van der Waals surface area contributed by atoms with E-state index in [2.05, 4.69) is 15.4 Å². The maximum atomic E-state index is 12.6. The number of aromatic amines is 1. The van der Waals surface area contributed by atoms with E-state index >= 15 is 0 Å². The summed E-state index contributed by atoms with van der Waals surface area (Å²) in [5.74, 6) is 0. The molecule has 5 N–H and O–H groups in total. The molecule has 23 heteroatoms. The summed E-state index contributed by atoms with van der Waals surface area (Å²) < 4.78 is 77.6. The summed E-state index contributed by atoms with van der Waals surface area (Å²) in [4.78, 5) is 30.4. The topological polar surface area (TPSA) is 248 Å². The van der Waals surface area contributed by atoms with Crippen LogP contribution in [0.25, 0.3) is 0 Å². The number of aromatic nitrogens is 3. The maximum Gasteiger partial charge on any atom is 0.472 e. The molecular formula is C13H20B2N3O15P3. The predicted molar refractivity (Wildman–Crippen MR) is 112 cm³/mol. The third-order valence-corrected chi connectivity index (χ3v) is 8.06. The molecule has 0 aromatic carbocycles. The number of hydrogen-bond acceptors (Lipinski definition) is 14. The molecule has 4 radical (unpaired) electrons. The molecule has 1 aromatic rings. The third-order valence-electron chi connectivity index (χ3n) is 5.13. The highest BCUT2D eigenvalue weighted by molar-refractivity contribution is 7.48. The van der Waals surface area contributed by atoms with Crippen LogP contribution in [0, 0.1) is 0 Å². The predicted octanol–water partition coefficient (Wildman–Crippen LogP) is -2.03. The van der Waals surface area contributed by atoms with E-state index in [1.165, 1.54) is 6.20 Å². The highest BCUT2D eigenvalue weighted by Crippen LogP contribution is 2.54. The Morgan fingerprint density at radius 2 is 1.67 bits per heavy atom. The minimum atomic E-state index is -5.01. The summed E-state index contributed by atoms with van der Waals surface area (Å²) in [6, 6.07) is -2.94. The van der Waals surface area contributed by atoms with Crippen molar-refractivity contribution in [3.63, 3.8) is 0 Å². The van der Waals surface area contributed by atoms with Gasteiger partial charge in [0.15, 0.2) is 0 Å². The average Bonchev–Trinajstić information content (AvgIpc) is 3.46. The molecule has 0 bridgehead atoms. The second kappa shape index (κ2) is 10.9. The van der Waals surface area contributed by atoms with Gasteiger partial charge in [0.05, 0.1) is 19.4 Å². The zero-order valence-electron chi connectivity index (χ0n) is 18.0. The van der Waals surface area contributed by atoms with Crippen LogP contribution in [-0.4, -0.2) is 113 Å². The van der Waals surface area contributed by atoms with E-state index in [9.17, 15) is 33.5 Å². The lowest BCUT2D eigenvalue weighted by Crippen LogP contribution is -2.40. The van der Waals surface area contributed by atoms with Crippen molar-refractivity contribution in [3.05, 3.63) is 11.9 Å². The average molecular weight is 573 g/mol. The Kier molecular flexibility index (Phi) is 8.64. The number of H-pyrrole nitrogens is 1. The van der Waals surface area contributed by atoms with Gasteiger partial charge >= 0.3 is 23.5 Å². The minimum absolute atomic E-state index is 0.151. The van der Waals surface area contributed by atoms with Crippen molar-refractivity contribution in [3.8, 4) is 0 Å². The fourth-order valence-electron chi connectivity index (χ4n) is 3.50. The Bertz CT molecular complexity index is 1050. The van der Waals surface area contributed by atoms with Crippen LogP contribution in [0.1, 0.15) is 5.69 Å². The van der Waals surface area contributed by atoms with E-state index in [1.54, 1.807) is 0 Å². The summed E-state index contributed by atoms with van der Waals surface area (Å²) in [7, 11) is -3.47. The normalized spacial score (nSPS) is 45.7. The number of aliphatic hydroxyl groups excluding tert-OH is 1. The highest BCUT2D eigenvalue weighted by Gasteiger charge is 2.53. The van der Waals surface area contributed by atoms with Gasteiger partial charge in [-0.3, -0.25) is 27.1 Å². The number of phosphoric ester groups is 3. The first kappa shape index (κ1) is 28.5. The Labute approximate surface area is 205 Å². The molecule has 1 aromatic heterocycles. The zero-order valence-corrected chi connectivity index (χ0v) is 20.7. The first-order chi connectivity index (χ1) is 16.8. The molecule has 18 nitrogen and oxygen atoms in total. The van der Waals surface area contributed by atoms with Crippen molar-refractivity contribution in [2.75, 3.05) is 13.2 Å². The Morgan fingerprint density at radius 3 is 2.28 bits per heavy atom. The number of phosphoric acid groups is 3. The van der Waals surface area contributed by atoms with E-state index < -0.39 is 91.9 Å². The summed E-state index contributed by atoms with van der Waals surface area (Å²) in [6.07, 6.45) is -8.33. The van der Waals surface area contributed by atoms with E-state index in [4.69, 9.17) is 52.3 Å². The fourth-order valence-corrected chi connectivity index (χ4v) is 6.33. The number of fused-ring (bicyclic) bond motifs is 2. The smallest absolute Gasteiger partial charge is 0.388 e. The fraction of sp³-hybridized carbons (Fsp3) is 0.846. The van der Waals surface area contributed by atoms with Gasteiger partial charge < -0.3 is 29.3 Å². The van der Waals surface area contributed by atoms with Gasteiger partial charge in [-0.05, 0) is 0 Å². The van der Waals surface area contributed by atoms with Crippen LogP contribution in [0.15, 0.2) is 6.20 Å². The second-order valence-electron chi connectivity index (χ2n) is 7.71. The molecule has 11 atom stereocenters. The van der Waals surface area contributed by atoms with Crippen molar-refractivity contribution < 1.29 is 70.1 Å². The molecule has 0 spiro atoms. The van der Waals surface area contributed by atoms with Gasteiger partial charge in [0.1, 0.15) is 64.6 Å². The van der Waals surface area contributed by atoms with Gasteiger partial charge in [-0.25, -0.2) is 13.7 Å². The van der Waals surface area contributed by atoms with Gasteiger partial charge in [0.2, 0.25) is 0 Å². The first-order valence-corrected chi connectivity index (χ1v) is 14.6. The standard InChI is InChI=1S/C13H20B2N3O15P3/c14-12-8(19)9-6(29-12)3-27-36(24,25)32-10-7(4-28-35(22,23)31-9)30-13(15)11(10)33-34(20,21)26-2-5-1-16-18-17-5/h1,6-13,19H,2-4H2,(H,20,21)(H,22,23)(H,24,25)(H,16,17,18)/t6-,7-,8+,9?,10?,11+,12-,13-/m1/s1. The van der Waals surface area contributed by atoms with Gasteiger partial charge in [-0.2, -0.15) is 15.4 Å². The van der Waals surface area contributed by atoms with Crippen LogP contribution in [0.2, 0.25) is 0 Å². The Morgan fingerprint density at radius 1 is 1.08 bits per heavy atom. The number of hydrogen-bond donors (Lipinski definition) is 5. The monoisotopic (exact) mass is 573 g/mol. The third kappa shape index (κ3) is 6.91. The SMILES string of the molecule is [B][C@@H]1O[C@@H]2COP(=O)(O)OC3[C@@H](COP(=O)(O)OC2[C@@H]1O)O[C@@H]([B])[C@H]3OP(=O)(O)OCc1cn[nH]n1. The molecular weight excluding hydrogens is 553 g/mol. The van der Waals surface area contributed by atoms with Crippen LogP contribution in [0.3, 0.4) is 0 Å². The van der Waals surface area contributed by atoms with E-state index in [-0.39, 0.29) is 5.69 Å². The molecule has 3 saturated heterocycles. The molecule has 0 saturated carbocycles. The second-order valence-corrected chi connectivity index (χ2v) is 11.9. The van der Waals surface area contributed by atoms with Crippen LogP contribution in [0.4, 0.5) is 0 Å². The van der Waals surface area contributed by atoms with Crippen molar-refractivity contribution in [1.82, 2.24) is 15.4 Å². The lowest BCUT2D eigenvalue weighted by Gasteiger charge is -2.29. The zero-order chi connectivity index (χ0) is 26.3. The van der Waals surface area contributed by atoms with Crippen molar-refractivity contribution in [1.29, 1.82) is 0 Å². The number of rotatable bonds is 5. The molecule has 0 amide bonds. The molecule has 3 aliphatic heterocycles. The van der Waals surface area contributed by atoms with Crippen LogP contribution >= 0.6 is 23.5 Å². The van der Waals surface area contributed by atoms with Crippen molar-refractivity contribution in [2.45, 2.75) is 55.2 Å². The molecule has 4 heterocycles. The molecule has 4 rings (SSSR count). The van der Waals surface area contributed by atoms with E-state index in [0.717, 1.165) is 0 Å². The van der Waals surface area contributed by atoms with Gasteiger partial charge in [-0.15, -0.1) is 0 Å². The first-order valence-electron chi connectivity index (χ1n) is 10.1. The van der Waals surface area contributed by atoms with Crippen LogP contribution < -0.4 is 0 Å². The van der Waals surface area contributed by atoms with E-state index in [1.807, 2.05) is 0 Å². The summed E-state index contributed by atoms with van der Waals surface area (Å²) in [5.41, 5.74) is 0.151. The minimum Gasteiger partial charge on any atom is -0.388 e. The summed E-state index contributed by atoms with van der Waals surface area (Å²) in [6.45, 7) is -2.14. The van der Waals surface area contributed by atoms with Gasteiger partial charge in [-0.1, -0.05) is 0 Å². The van der Waals surface area contributed by atoms with Gasteiger partial charge in [0.25, 0.3) is 0 Å². The molecule has 198 valence electrons. The molecule has 0 aliphatic carbocycles. The molecule has 5 unspecified atom stereocenters. The van der Waals surface area contributed by atoms with Gasteiger partial charge in [0, 0.05) is 12.0 Å². The number of nitrogens with zero attached hydrogens (tertiary/aromatic N) is 2. The number of aliphatic hydroxyl groups is 1. The maximum absolute atomic E-state index is 12.6. The lowest BCUT2D eigenvalue weighted by molar-refractivity contribution is -0.0492. The Hall–Kier alpha value is -0.520. The highest BCUT2D eigenvalue weighted by atomic mass is 31.2. The largest absolute Gasteiger partial charge is 0.472 e. The Balaban J connectivity index is 1.52. The van der Waals surface area contributed by atoms with Crippen molar-refractivity contribution in [2.24, 2.45) is 0 Å². The van der Waals surface area contributed by atoms with E-state index in [0.29, 0.717) is 0 Å². The summed E-state index contributed by atoms with van der Waals surface area (Å²) >= 11 is 0. The van der Waals surface area contributed by atoms with Crippen LogP contribution in [-0.2, 0) is 56.9 Å². The summed E-state index contributed by atoms with van der Waals surface area (Å²) in [5, 5.41) is 19.5. The van der Waals surface area contributed by atoms with Crippen LogP contribution in [0.5, 0.6) is 0 Å². The quantitative estimate of drug-likeness (QED) is 0.188. The number of nitrogens with one attached hydrogen (secondary N) is 1. The molecule has 3 fully saturated rings. The molecule has 3 aliphatic rings. The lowest BCUT2D eigenvalue weighted by atomic mass is 9.93. The molecule has 36 heavy (non-hydrogen) atoms.